The number of ether oxygens (including phenoxy) is 1. The van der Waals surface area contributed by atoms with Crippen molar-refractivity contribution in [2.75, 3.05) is 0 Å². The molecule has 9 atom stereocenters. The molecule has 0 amide bonds. The van der Waals surface area contributed by atoms with Gasteiger partial charge >= 0.3 is 5.97 Å². The second-order valence-corrected chi connectivity index (χ2v) is 14.5. The standard InChI is InChI=1S/C30H44O5S/c1-19-6-9-24(10-7-19)36(32,33)35-23-14-16-29(4)22(18-23)8-11-25-27-13-12-26(20(2)34-21(3)31)30(27,5)17-15-28(25)29/h6-7,9-10,20,22-23,25-28H,8,11-18H2,1-5H3/t20?,22-,23-,25-,26+,27-,28-,29-,30+/m1/s1. The van der Waals surface area contributed by atoms with Gasteiger partial charge < -0.3 is 4.74 Å². The number of fused-ring (bicyclic) bond motifs is 5. The molecule has 0 aromatic heterocycles. The SMILES string of the molecule is CC(=O)OC(C)[C@@H]1CC[C@@H]2[C@H]3CC[C@@H]4C[C@H](OS(=O)(=O)c5ccc(C)cc5)CC[C@@]4(C)[C@@H]3CC[C@]21C. The summed E-state index contributed by atoms with van der Waals surface area (Å²) >= 11 is 0. The molecule has 1 unspecified atom stereocenters. The zero-order chi connectivity index (χ0) is 25.9. The van der Waals surface area contributed by atoms with Crippen LogP contribution in [0, 0.1) is 47.3 Å². The number of benzene rings is 1. The number of aryl methyl sites for hydroxylation is 1. The van der Waals surface area contributed by atoms with Crippen molar-refractivity contribution in [3.05, 3.63) is 29.8 Å². The van der Waals surface area contributed by atoms with Crippen LogP contribution < -0.4 is 0 Å². The predicted molar refractivity (Wildman–Crippen MR) is 140 cm³/mol. The summed E-state index contributed by atoms with van der Waals surface area (Å²) < 4.78 is 37.4. The fourth-order valence-electron chi connectivity index (χ4n) is 9.40. The lowest BCUT2D eigenvalue weighted by atomic mass is 9.44. The first-order valence-corrected chi connectivity index (χ1v) is 15.5. The van der Waals surface area contributed by atoms with Crippen LogP contribution in [0.3, 0.4) is 0 Å². The van der Waals surface area contributed by atoms with Gasteiger partial charge in [-0.25, -0.2) is 0 Å². The van der Waals surface area contributed by atoms with Crippen LogP contribution >= 0.6 is 0 Å². The lowest BCUT2D eigenvalue weighted by Gasteiger charge is -2.61. The molecule has 0 aliphatic heterocycles. The Balaban J connectivity index is 1.28. The van der Waals surface area contributed by atoms with Crippen molar-refractivity contribution in [3.63, 3.8) is 0 Å². The van der Waals surface area contributed by atoms with Gasteiger partial charge in [-0.05, 0) is 118 Å². The highest BCUT2D eigenvalue weighted by molar-refractivity contribution is 7.86. The summed E-state index contributed by atoms with van der Waals surface area (Å²) in [6.07, 6.45) is 9.72. The van der Waals surface area contributed by atoms with E-state index in [2.05, 4.69) is 20.8 Å². The maximum absolute atomic E-state index is 12.9. The van der Waals surface area contributed by atoms with E-state index in [1.165, 1.54) is 39.0 Å². The molecule has 4 aliphatic rings. The van der Waals surface area contributed by atoms with Crippen molar-refractivity contribution in [2.45, 2.75) is 110 Å². The van der Waals surface area contributed by atoms with Gasteiger partial charge in [0.2, 0.25) is 0 Å². The summed E-state index contributed by atoms with van der Waals surface area (Å²) in [6, 6.07) is 6.96. The van der Waals surface area contributed by atoms with Crippen LogP contribution in [0.25, 0.3) is 0 Å². The van der Waals surface area contributed by atoms with Crippen LogP contribution in [-0.2, 0) is 23.8 Å². The Labute approximate surface area is 217 Å². The quantitative estimate of drug-likeness (QED) is 0.322. The zero-order valence-electron chi connectivity index (χ0n) is 22.7. The van der Waals surface area contributed by atoms with Crippen LogP contribution in [0.1, 0.15) is 91.0 Å². The fraction of sp³-hybridized carbons (Fsp3) is 0.767. The van der Waals surface area contributed by atoms with Crippen molar-refractivity contribution < 1.29 is 22.1 Å². The highest BCUT2D eigenvalue weighted by Crippen LogP contribution is 2.68. The summed E-state index contributed by atoms with van der Waals surface area (Å²) in [7, 11) is -3.74. The van der Waals surface area contributed by atoms with Gasteiger partial charge in [0.15, 0.2) is 0 Å². The van der Waals surface area contributed by atoms with Crippen molar-refractivity contribution in [3.8, 4) is 0 Å². The molecule has 1 aromatic carbocycles. The molecule has 4 aliphatic carbocycles. The Morgan fingerprint density at radius 1 is 0.944 bits per heavy atom. The van der Waals surface area contributed by atoms with Gasteiger partial charge in [-0.1, -0.05) is 31.5 Å². The molecule has 36 heavy (non-hydrogen) atoms. The number of hydrogen-bond donors (Lipinski definition) is 0. The first-order valence-electron chi connectivity index (χ1n) is 14.1. The molecule has 1 aromatic rings. The molecule has 0 heterocycles. The van der Waals surface area contributed by atoms with E-state index in [0.717, 1.165) is 37.2 Å². The van der Waals surface area contributed by atoms with Crippen LogP contribution in [0.2, 0.25) is 0 Å². The minimum Gasteiger partial charge on any atom is -0.463 e. The van der Waals surface area contributed by atoms with Crippen LogP contribution in [0.5, 0.6) is 0 Å². The molecule has 5 rings (SSSR count). The fourth-order valence-corrected chi connectivity index (χ4v) is 10.5. The summed E-state index contributed by atoms with van der Waals surface area (Å²) in [5.74, 6) is 2.94. The Morgan fingerprint density at radius 2 is 1.61 bits per heavy atom. The first-order chi connectivity index (χ1) is 16.9. The third-order valence-electron chi connectivity index (χ3n) is 11.2. The summed E-state index contributed by atoms with van der Waals surface area (Å²) in [4.78, 5) is 11.9. The number of rotatable bonds is 5. The molecule has 200 valence electrons. The molecular weight excluding hydrogens is 472 g/mol. The summed E-state index contributed by atoms with van der Waals surface area (Å²) in [6.45, 7) is 10.5. The highest BCUT2D eigenvalue weighted by atomic mass is 32.2. The number of carbonyl (C=O) groups excluding carboxylic acids is 1. The average Bonchev–Trinajstić information content (AvgIpc) is 3.16. The smallest absolute Gasteiger partial charge is 0.302 e. The molecule has 6 heteroatoms. The monoisotopic (exact) mass is 516 g/mol. The van der Waals surface area contributed by atoms with E-state index in [0.29, 0.717) is 23.7 Å². The van der Waals surface area contributed by atoms with Crippen LogP contribution in [0.4, 0.5) is 0 Å². The van der Waals surface area contributed by atoms with Gasteiger partial charge in [0.1, 0.15) is 6.10 Å². The Morgan fingerprint density at radius 3 is 2.31 bits per heavy atom. The topological polar surface area (TPSA) is 69.7 Å². The van der Waals surface area contributed by atoms with Gasteiger partial charge in [0.05, 0.1) is 11.0 Å². The van der Waals surface area contributed by atoms with Crippen molar-refractivity contribution in [1.82, 2.24) is 0 Å². The minimum atomic E-state index is -3.74. The Bertz CT molecular complexity index is 1080. The largest absolute Gasteiger partial charge is 0.463 e. The Hall–Kier alpha value is -1.40. The van der Waals surface area contributed by atoms with E-state index in [-0.39, 0.29) is 33.9 Å². The van der Waals surface area contributed by atoms with E-state index in [1.807, 2.05) is 19.1 Å². The third-order valence-corrected chi connectivity index (χ3v) is 12.6. The van der Waals surface area contributed by atoms with E-state index >= 15 is 0 Å². The molecule has 4 saturated carbocycles. The second kappa shape index (κ2) is 9.41. The molecule has 0 radical (unpaired) electrons. The number of carbonyl (C=O) groups is 1. The summed E-state index contributed by atoms with van der Waals surface area (Å²) in [5.41, 5.74) is 1.55. The normalized spacial score (nSPS) is 41.0. The Kier molecular flexibility index (Phi) is 6.85. The van der Waals surface area contributed by atoms with Gasteiger partial charge in [-0.15, -0.1) is 0 Å². The highest BCUT2D eigenvalue weighted by Gasteiger charge is 2.61. The van der Waals surface area contributed by atoms with E-state index in [4.69, 9.17) is 8.92 Å². The van der Waals surface area contributed by atoms with Gasteiger partial charge in [0.25, 0.3) is 10.1 Å². The number of hydrogen-bond acceptors (Lipinski definition) is 5. The van der Waals surface area contributed by atoms with Crippen LogP contribution in [-0.4, -0.2) is 26.6 Å². The van der Waals surface area contributed by atoms with Gasteiger partial charge in [0, 0.05) is 12.8 Å². The molecule has 0 N–H and O–H groups in total. The van der Waals surface area contributed by atoms with E-state index < -0.39 is 10.1 Å². The van der Waals surface area contributed by atoms with E-state index in [1.54, 1.807) is 12.1 Å². The first kappa shape index (κ1) is 26.2. The van der Waals surface area contributed by atoms with Gasteiger partial charge in [-0.2, -0.15) is 8.42 Å². The molecule has 0 bridgehead atoms. The average molecular weight is 517 g/mol. The maximum Gasteiger partial charge on any atom is 0.302 e. The van der Waals surface area contributed by atoms with Crippen molar-refractivity contribution in [2.24, 2.45) is 40.4 Å². The van der Waals surface area contributed by atoms with Crippen LogP contribution in [0.15, 0.2) is 29.2 Å². The molecule has 4 fully saturated rings. The third kappa shape index (κ3) is 4.44. The zero-order valence-corrected chi connectivity index (χ0v) is 23.5. The van der Waals surface area contributed by atoms with Gasteiger partial charge in [-0.3, -0.25) is 8.98 Å². The van der Waals surface area contributed by atoms with Crippen molar-refractivity contribution >= 4 is 16.1 Å². The van der Waals surface area contributed by atoms with Crippen molar-refractivity contribution in [1.29, 1.82) is 0 Å². The van der Waals surface area contributed by atoms with E-state index in [9.17, 15) is 13.2 Å². The molecule has 5 nitrogen and oxygen atoms in total. The molecular formula is C30H44O5S. The summed E-state index contributed by atoms with van der Waals surface area (Å²) in [5, 5.41) is 0. The second-order valence-electron chi connectivity index (χ2n) is 13.0. The lowest BCUT2D eigenvalue weighted by Crippen LogP contribution is -2.54. The lowest BCUT2D eigenvalue weighted by molar-refractivity contribution is -0.155. The predicted octanol–water partition coefficient (Wildman–Crippen LogP) is 6.68. The molecule has 0 spiro atoms. The molecule has 0 saturated heterocycles. The minimum absolute atomic E-state index is 0.0101. The number of esters is 1. The maximum atomic E-state index is 12.9.